The van der Waals surface area contributed by atoms with Gasteiger partial charge in [0.1, 0.15) is 17.0 Å². The number of carbonyl (C=O) groups excluding carboxylic acids is 3. The summed E-state index contributed by atoms with van der Waals surface area (Å²) < 4.78 is 5.35. The minimum Gasteiger partial charge on any atom is -0.495 e. The number of nitrogens with one attached hydrogen (secondary N) is 1. The molecule has 4 aliphatic heterocycles. The van der Waals surface area contributed by atoms with Gasteiger partial charge in [0.25, 0.3) is 5.69 Å². The summed E-state index contributed by atoms with van der Waals surface area (Å²) in [6, 6.07) is 6.91. The summed E-state index contributed by atoms with van der Waals surface area (Å²) in [5, 5.41) is 14.8. The molecule has 0 bridgehead atoms. The van der Waals surface area contributed by atoms with Crippen molar-refractivity contribution in [1.82, 2.24) is 4.90 Å². The third-order valence-electron chi connectivity index (χ3n) is 7.88. The van der Waals surface area contributed by atoms with E-state index in [1.807, 2.05) is 11.8 Å². The van der Waals surface area contributed by atoms with Crippen LogP contribution in [0.5, 0.6) is 5.75 Å². The number of hydrogen-bond donors (Lipinski definition) is 1. The first-order chi connectivity index (χ1) is 16.7. The highest BCUT2D eigenvalue weighted by atomic mass is 35.5. The van der Waals surface area contributed by atoms with Crippen molar-refractivity contribution in [2.75, 3.05) is 23.9 Å². The van der Waals surface area contributed by atoms with Crippen LogP contribution in [0.2, 0.25) is 5.02 Å². The lowest BCUT2D eigenvalue weighted by Gasteiger charge is -2.36. The van der Waals surface area contributed by atoms with E-state index < -0.39 is 34.1 Å². The number of fused-ring (bicyclic) bond motifs is 7. The summed E-state index contributed by atoms with van der Waals surface area (Å²) in [4.78, 5) is 55.6. The molecule has 3 amide bonds. The normalized spacial score (nSPS) is 28.9. The molecule has 0 aliphatic carbocycles. The van der Waals surface area contributed by atoms with E-state index in [-0.39, 0.29) is 29.1 Å². The van der Waals surface area contributed by atoms with E-state index in [4.69, 9.17) is 16.3 Å². The molecule has 11 heteroatoms. The number of ether oxygens (including phenoxy) is 1. The SMILES string of the molecule is COc1ccc([N+](=O)[O-])cc1N1C(=O)[C@H]2[C@@H](C1=O)[C@@]1(C(=O)Nc3c(C)cc(Cl)cc31)N1CCC[C@@H]21. The van der Waals surface area contributed by atoms with Crippen LogP contribution in [0.25, 0.3) is 0 Å². The predicted molar refractivity (Wildman–Crippen MR) is 125 cm³/mol. The number of benzene rings is 2. The van der Waals surface area contributed by atoms with Gasteiger partial charge in [0.2, 0.25) is 17.7 Å². The molecule has 35 heavy (non-hydrogen) atoms. The van der Waals surface area contributed by atoms with E-state index in [0.717, 1.165) is 16.9 Å². The second-order valence-corrected chi connectivity index (χ2v) is 9.83. The van der Waals surface area contributed by atoms with Gasteiger partial charge in [-0.15, -0.1) is 0 Å². The Morgan fingerprint density at radius 2 is 1.97 bits per heavy atom. The van der Waals surface area contributed by atoms with Crippen LogP contribution in [0.4, 0.5) is 17.1 Å². The number of nitro groups is 1. The van der Waals surface area contributed by atoms with Gasteiger partial charge in [-0.3, -0.25) is 29.4 Å². The summed E-state index contributed by atoms with van der Waals surface area (Å²) in [5.74, 6) is -3.02. The fraction of sp³-hybridized carbons (Fsp3) is 0.375. The number of non-ortho nitro benzene ring substituents is 1. The molecule has 4 aliphatic rings. The van der Waals surface area contributed by atoms with Crippen LogP contribution in [0, 0.1) is 28.9 Å². The first kappa shape index (κ1) is 22.0. The first-order valence-corrected chi connectivity index (χ1v) is 11.7. The van der Waals surface area contributed by atoms with Crippen LogP contribution in [-0.2, 0) is 19.9 Å². The summed E-state index contributed by atoms with van der Waals surface area (Å²) in [6.07, 6.45) is 1.43. The number of nitrogens with zero attached hydrogens (tertiary/aromatic N) is 3. The molecule has 4 atom stereocenters. The maximum Gasteiger partial charge on any atom is 0.271 e. The molecule has 3 fully saturated rings. The van der Waals surface area contributed by atoms with E-state index in [0.29, 0.717) is 29.2 Å². The van der Waals surface area contributed by atoms with Crippen molar-refractivity contribution in [2.24, 2.45) is 11.8 Å². The first-order valence-electron chi connectivity index (χ1n) is 11.3. The topological polar surface area (TPSA) is 122 Å². The molecule has 1 spiro atoms. The Morgan fingerprint density at radius 1 is 1.20 bits per heavy atom. The highest BCUT2D eigenvalue weighted by Crippen LogP contribution is 2.61. The van der Waals surface area contributed by atoms with Gasteiger partial charge < -0.3 is 10.1 Å². The van der Waals surface area contributed by atoms with E-state index in [1.165, 1.54) is 25.3 Å². The number of carbonyl (C=O) groups is 3. The number of hydrogen-bond acceptors (Lipinski definition) is 7. The molecule has 0 saturated carbocycles. The van der Waals surface area contributed by atoms with Crippen molar-refractivity contribution in [3.8, 4) is 5.75 Å². The fourth-order valence-electron chi connectivity index (χ4n) is 6.64. The Morgan fingerprint density at radius 3 is 2.69 bits per heavy atom. The smallest absolute Gasteiger partial charge is 0.271 e. The molecule has 1 N–H and O–H groups in total. The summed E-state index contributed by atoms with van der Waals surface area (Å²) in [7, 11) is 1.36. The van der Waals surface area contributed by atoms with Crippen LogP contribution in [0.3, 0.4) is 0 Å². The van der Waals surface area contributed by atoms with Crippen molar-refractivity contribution in [3.63, 3.8) is 0 Å². The third kappa shape index (κ3) is 2.61. The van der Waals surface area contributed by atoms with Gasteiger partial charge in [-0.1, -0.05) is 11.6 Å². The molecule has 10 nitrogen and oxygen atoms in total. The number of anilines is 2. The Labute approximate surface area is 204 Å². The molecule has 180 valence electrons. The van der Waals surface area contributed by atoms with Gasteiger partial charge in [0.05, 0.1) is 23.9 Å². The van der Waals surface area contributed by atoms with Crippen molar-refractivity contribution in [3.05, 3.63) is 56.6 Å². The Hall–Kier alpha value is -3.50. The zero-order valence-electron chi connectivity index (χ0n) is 18.9. The van der Waals surface area contributed by atoms with E-state index in [2.05, 4.69) is 5.32 Å². The molecule has 4 heterocycles. The Kier molecular flexibility index (Phi) is 4.56. The zero-order valence-corrected chi connectivity index (χ0v) is 19.7. The fourth-order valence-corrected chi connectivity index (χ4v) is 6.91. The van der Waals surface area contributed by atoms with Crippen LogP contribution in [0.15, 0.2) is 30.3 Å². The predicted octanol–water partition coefficient (Wildman–Crippen LogP) is 3.00. The number of methoxy groups -OCH3 is 1. The zero-order chi connectivity index (χ0) is 24.8. The van der Waals surface area contributed by atoms with Gasteiger partial charge in [-0.25, -0.2) is 4.90 Å². The summed E-state index contributed by atoms with van der Waals surface area (Å²) in [5.41, 5.74) is 0.324. The minimum absolute atomic E-state index is 0.00620. The maximum absolute atomic E-state index is 14.1. The largest absolute Gasteiger partial charge is 0.495 e. The molecule has 2 aromatic carbocycles. The molecule has 3 saturated heterocycles. The quantitative estimate of drug-likeness (QED) is 0.393. The lowest BCUT2D eigenvalue weighted by atomic mass is 9.75. The van der Waals surface area contributed by atoms with Crippen molar-refractivity contribution >= 4 is 46.4 Å². The van der Waals surface area contributed by atoms with Crippen LogP contribution < -0.4 is 15.0 Å². The highest BCUT2D eigenvalue weighted by Gasteiger charge is 2.75. The van der Waals surface area contributed by atoms with E-state index >= 15 is 0 Å². The molecule has 0 radical (unpaired) electrons. The average Bonchev–Trinajstić information content (AvgIpc) is 3.52. The second-order valence-electron chi connectivity index (χ2n) is 9.40. The van der Waals surface area contributed by atoms with Crippen molar-refractivity contribution < 1.29 is 24.0 Å². The van der Waals surface area contributed by atoms with Crippen molar-refractivity contribution in [2.45, 2.75) is 31.3 Å². The lowest BCUT2D eigenvalue weighted by molar-refractivity contribution is -0.384. The summed E-state index contributed by atoms with van der Waals surface area (Å²) in [6.45, 7) is 2.40. The molecular formula is C24H21ClN4O6. The van der Waals surface area contributed by atoms with Gasteiger partial charge in [-0.05, 0) is 50.1 Å². The molecule has 2 aromatic rings. The van der Waals surface area contributed by atoms with Crippen LogP contribution >= 0.6 is 11.6 Å². The average molecular weight is 497 g/mol. The Balaban J connectivity index is 1.57. The number of aryl methyl sites for hydroxylation is 1. The highest BCUT2D eigenvalue weighted by molar-refractivity contribution is 6.31. The van der Waals surface area contributed by atoms with E-state index in [9.17, 15) is 24.5 Å². The van der Waals surface area contributed by atoms with Crippen LogP contribution in [0.1, 0.15) is 24.0 Å². The van der Waals surface area contributed by atoms with Gasteiger partial charge >= 0.3 is 0 Å². The summed E-state index contributed by atoms with van der Waals surface area (Å²) >= 11 is 6.40. The lowest BCUT2D eigenvalue weighted by Crippen LogP contribution is -2.54. The van der Waals surface area contributed by atoms with E-state index in [1.54, 1.807) is 12.1 Å². The third-order valence-corrected chi connectivity index (χ3v) is 8.10. The monoisotopic (exact) mass is 496 g/mol. The standard InChI is InChI=1S/C24H21ClN4O6/c1-11-8-12(25)9-14-20(11)26-23(32)24(14)19-18(15-4-3-7-27(15)24)21(30)28(22(19)31)16-10-13(29(33)34)5-6-17(16)35-2/h5-6,8-10,15,18-19H,3-4,7H2,1-2H3,(H,26,32)/t15-,18+,19-,24-/m0/s1. The van der Waals surface area contributed by atoms with Gasteiger partial charge in [-0.2, -0.15) is 0 Å². The minimum atomic E-state index is -1.38. The number of imide groups is 1. The molecular weight excluding hydrogens is 476 g/mol. The van der Waals surface area contributed by atoms with Crippen LogP contribution in [-0.4, -0.2) is 47.2 Å². The molecule has 6 rings (SSSR count). The number of halogens is 1. The maximum atomic E-state index is 14.1. The van der Waals surface area contributed by atoms with Crippen molar-refractivity contribution in [1.29, 1.82) is 0 Å². The number of rotatable bonds is 3. The molecule has 0 aromatic heterocycles. The molecule has 0 unspecified atom stereocenters. The van der Waals surface area contributed by atoms with Gasteiger partial charge in [0.15, 0.2) is 0 Å². The van der Waals surface area contributed by atoms with Gasteiger partial charge in [0, 0.05) is 34.4 Å². The Bertz CT molecular complexity index is 1360. The number of nitro benzene ring substituents is 1. The number of amides is 3. The second kappa shape index (κ2) is 7.25.